The summed E-state index contributed by atoms with van der Waals surface area (Å²) < 4.78 is 34.4. The second kappa shape index (κ2) is 10.5. The van der Waals surface area contributed by atoms with Gasteiger partial charge in [0, 0.05) is 48.5 Å². The minimum Gasteiger partial charge on any atom is -0.496 e. The van der Waals surface area contributed by atoms with Crippen LogP contribution in [0, 0.1) is 17.8 Å². The molecular formula is C25H25ClN4O4S2. The zero-order valence-electron chi connectivity index (χ0n) is 19.8. The predicted octanol–water partition coefficient (Wildman–Crippen LogP) is 3.60. The third kappa shape index (κ3) is 5.06. The van der Waals surface area contributed by atoms with Crippen molar-refractivity contribution in [2.45, 2.75) is 4.21 Å². The number of terminal acetylenes is 1. The molecule has 1 fully saturated rings. The average molecular weight is 545 g/mol. The second-order valence-corrected chi connectivity index (χ2v) is 12.0. The van der Waals surface area contributed by atoms with Crippen molar-refractivity contribution < 1.29 is 17.9 Å². The van der Waals surface area contributed by atoms with E-state index in [-0.39, 0.29) is 48.7 Å². The van der Waals surface area contributed by atoms with E-state index in [1.165, 1.54) is 22.8 Å². The number of nitrogens with one attached hydrogen (secondary N) is 1. The third-order valence-corrected chi connectivity index (χ3v) is 9.68. The van der Waals surface area contributed by atoms with Crippen LogP contribution in [0.25, 0.3) is 10.1 Å². The summed E-state index contributed by atoms with van der Waals surface area (Å²) in [6, 6.07) is 11.9. The Morgan fingerprint density at radius 3 is 2.58 bits per heavy atom. The van der Waals surface area contributed by atoms with Crippen LogP contribution in [0.3, 0.4) is 0 Å². The van der Waals surface area contributed by atoms with Crippen molar-refractivity contribution in [1.29, 1.82) is 5.41 Å². The number of thiophene rings is 1. The first kappa shape index (κ1) is 26.0. The predicted molar refractivity (Wildman–Crippen MR) is 143 cm³/mol. The Morgan fingerprint density at radius 2 is 1.92 bits per heavy atom. The Hall–Kier alpha value is -3.10. The first-order valence-electron chi connectivity index (χ1n) is 11.1. The number of amidine groups is 1. The van der Waals surface area contributed by atoms with Crippen LogP contribution in [-0.4, -0.2) is 81.1 Å². The van der Waals surface area contributed by atoms with Crippen LogP contribution in [0.15, 0.2) is 46.7 Å². The van der Waals surface area contributed by atoms with Gasteiger partial charge in [-0.1, -0.05) is 29.7 Å². The van der Waals surface area contributed by atoms with E-state index in [4.69, 9.17) is 28.2 Å². The van der Waals surface area contributed by atoms with Crippen molar-refractivity contribution >= 4 is 54.8 Å². The summed E-state index contributed by atoms with van der Waals surface area (Å²) in [4.78, 5) is 16.5. The molecule has 0 saturated carbocycles. The van der Waals surface area contributed by atoms with Crippen LogP contribution in [-0.2, 0) is 10.0 Å². The highest BCUT2D eigenvalue weighted by atomic mass is 35.5. The lowest BCUT2D eigenvalue weighted by Gasteiger charge is -2.34. The minimum atomic E-state index is -3.69. The highest BCUT2D eigenvalue weighted by Gasteiger charge is 2.32. The Morgan fingerprint density at radius 1 is 1.19 bits per heavy atom. The van der Waals surface area contributed by atoms with Crippen LogP contribution < -0.4 is 4.74 Å². The largest absolute Gasteiger partial charge is 0.496 e. The molecule has 1 amide bonds. The Kier molecular flexibility index (Phi) is 7.57. The number of amides is 1. The number of fused-ring (bicyclic) bond motifs is 1. The third-order valence-electron chi connectivity index (χ3n) is 6.00. The molecule has 0 aliphatic carbocycles. The minimum absolute atomic E-state index is 0.186. The van der Waals surface area contributed by atoms with E-state index in [9.17, 15) is 13.2 Å². The summed E-state index contributed by atoms with van der Waals surface area (Å²) in [5, 5.41) is 9.67. The van der Waals surface area contributed by atoms with Crippen molar-refractivity contribution in [3.05, 3.63) is 58.6 Å². The number of carbonyl (C=O) groups excluding carboxylic acids is 1. The van der Waals surface area contributed by atoms with E-state index in [1.807, 2.05) is 0 Å². The molecule has 0 spiro atoms. The molecule has 0 bridgehead atoms. The summed E-state index contributed by atoms with van der Waals surface area (Å²) in [7, 11) is -0.504. The smallest absolute Gasteiger partial charge is 0.257 e. The van der Waals surface area contributed by atoms with Crippen LogP contribution in [0.1, 0.15) is 15.9 Å². The van der Waals surface area contributed by atoms with E-state index in [2.05, 4.69) is 5.92 Å². The van der Waals surface area contributed by atoms with Crippen LogP contribution in [0.2, 0.25) is 5.02 Å². The van der Waals surface area contributed by atoms with Gasteiger partial charge in [-0.3, -0.25) is 10.2 Å². The zero-order valence-corrected chi connectivity index (χ0v) is 22.2. The molecule has 1 aliphatic rings. The van der Waals surface area contributed by atoms with Gasteiger partial charge in [-0.15, -0.1) is 17.8 Å². The summed E-state index contributed by atoms with van der Waals surface area (Å²) in [5.41, 5.74) is 0.924. The number of nitrogens with zero attached hydrogens (tertiary/aromatic N) is 3. The lowest BCUT2D eigenvalue weighted by Crippen LogP contribution is -2.50. The highest BCUT2D eigenvalue weighted by molar-refractivity contribution is 7.91. The molecular weight excluding hydrogens is 520 g/mol. The number of halogens is 1. The van der Waals surface area contributed by atoms with Gasteiger partial charge in [0.1, 0.15) is 15.8 Å². The standard InChI is InChI=1S/C25H25ClN4O4S2/c1-4-9-28(2)24(27)18-6-8-20(21(14-18)34-3)25(31)29-10-12-30(13-11-29)36(32,33)23-15-17-5-7-19(26)16-22(17)35-23/h1,5-8,14-16,27H,9-13H2,2-3H3. The van der Waals surface area contributed by atoms with Crippen molar-refractivity contribution in [2.75, 3.05) is 46.9 Å². The molecule has 0 unspecified atom stereocenters. The maximum atomic E-state index is 13.2. The van der Waals surface area contributed by atoms with Crippen molar-refractivity contribution in [2.24, 2.45) is 0 Å². The number of methoxy groups -OCH3 is 1. The first-order chi connectivity index (χ1) is 17.1. The Bertz CT molecular complexity index is 1470. The summed E-state index contributed by atoms with van der Waals surface area (Å²) in [5.74, 6) is 2.80. The van der Waals surface area contributed by atoms with E-state index >= 15 is 0 Å². The number of benzene rings is 2. The van der Waals surface area contributed by atoms with Gasteiger partial charge in [0.05, 0.1) is 19.2 Å². The normalized spacial score (nSPS) is 14.4. The second-order valence-electron chi connectivity index (χ2n) is 8.27. The number of hydrogen-bond donors (Lipinski definition) is 1. The van der Waals surface area contributed by atoms with E-state index in [0.717, 1.165) is 10.1 Å². The topological polar surface area (TPSA) is 94.0 Å². The van der Waals surface area contributed by atoms with E-state index in [0.29, 0.717) is 21.9 Å². The monoisotopic (exact) mass is 544 g/mol. The number of carbonyl (C=O) groups is 1. The number of piperazine rings is 1. The Balaban J connectivity index is 1.47. The molecule has 36 heavy (non-hydrogen) atoms. The number of rotatable bonds is 6. The zero-order chi connectivity index (χ0) is 26.0. The SMILES string of the molecule is C#CCN(C)C(=N)c1ccc(C(=O)N2CCN(S(=O)(=O)c3cc4ccc(Cl)cc4s3)CC2)c(OC)c1. The van der Waals surface area contributed by atoms with Gasteiger partial charge in [-0.25, -0.2) is 8.42 Å². The van der Waals surface area contributed by atoms with Gasteiger partial charge in [0.25, 0.3) is 15.9 Å². The van der Waals surface area contributed by atoms with Gasteiger partial charge < -0.3 is 14.5 Å². The summed E-state index contributed by atoms with van der Waals surface area (Å²) >= 11 is 7.23. The van der Waals surface area contributed by atoms with Crippen LogP contribution in [0.5, 0.6) is 5.75 Å². The number of ether oxygens (including phenoxy) is 1. The Labute approximate surface area is 219 Å². The lowest BCUT2D eigenvalue weighted by atomic mass is 10.1. The van der Waals surface area contributed by atoms with E-state index in [1.54, 1.807) is 59.3 Å². The number of sulfonamides is 1. The molecule has 11 heteroatoms. The van der Waals surface area contributed by atoms with Gasteiger partial charge in [0.15, 0.2) is 0 Å². The molecule has 2 heterocycles. The maximum Gasteiger partial charge on any atom is 0.257 e. The van der Waals surface area contributed by atoms with Crippen LogP contribution >= 0.6 is 22.9 Å². The molecule has 3 aromatic rings. The summed E-state index contributed by atoms with van der Waals surface area (Å²) in [6.07, 6.45) is 5.33. The fraction of sp³-hybridized carbons (Fsp3) is 0.280. The molecule has 2 aromatic carbocycles. The molecule has 8 nitrogen and oxygen atoms in total. The molecule has 0 atom stereocenters. The molecule has 1 aliphatic heterocycles. The van der Waals surface area contributed by atoms with Crippen molar-refractivity contribution in [3.8, 4) is 18.1 Å². The number of hydrogen-bond acceptors (Lipinski definition) is 6. The van der Waals surface area contributed by atoms with Crippen LogP contribution in [0.4, 0.5) is 0 Å². The fourth-order valence-electron chi connectivity index (χ4n) is 3.99. The van der Waals surface area contributed by atoms with Crippen molar-refractivity contribution in [1.82, 2.24) is 14.1 Å². The molecule has 4 rings (SSSR count). The molecule has 188 valence electrons. The van der Waals surface area contributed by atoms with Gasteiger partial charge in [-0.2, -0.15) is 4.31 Å². The van der Waals surface area contributed by atoms with Gasteiger partial charge in [-0.05, 0) is 35.7 Å². The molecule has 1 N–H and O–H groups in total. The van der Waals surface area contributed by atoms with Crippen molar-refractivity contribution in [3.63, 3.8) is 0 Å². The quantitative estimate of drug-likeness (QED) is 0.291. The molecule has 1 saturated heterocycles. The molecule has 1 aromatic heterocycles. The fourth-order valence-corrected chi connectivity index (χ4v) is 7.24. The van der Waals surface area contributed by atoms with E-state index < -0.39 is 10.0 Å². The lowest BCUT2D eigenvalue weighted by molar-refractivity contribution is 0.0694. The highest BCUT2D eigenvalue weighted by Crippen LogP contribution is 2.33. The van der Waals surface area contributed by atoms with Gasteiger partial charge in [0.2, 0.25) is 0 Å². The summed E-state index contributed by atoms with van der Waals surface area (Å²) in [6.45, 7) is 1.15. The van der Waals surface area contributed by atoms with Gasteiger partial charge >= 0.3 is 0 Å². The average Bonchev–Trinajstić information content (AvgIpc) is 3.32. The first-order valence-corrected chi connectivity index (χ1v) is 13.7. The molecule has 0 radical (unpaired) electrons. The maximum absolute atomic E-state index is 13.2.